The highest BCUT2D eigenvalue weighted by Gasteiger charge is 2.12. The number of hydrogen-bond acceptors (Lipinski definition) is 7. The van der Waals surface area contributed by atoms with Gasteiger partial charge in [-0.2, -0.15) is 0 Å². The number of halogens is 1. The number of fused-ring (bicyclic) bond motifs is 1. The molecule has 1 heterocycles. The monoisotopic (exact) mass is 463 g/mol. The Balaban J connectivity index is 1.51. The summed E-state index contributed by atoms with van der Waals surface area (Å²) in [6.45, 7) is 0. The molecule has 0 spiro atoms. The first-order valence-electron chi connectivity index (χ1n) is 9.53. The normalized spacial score (nSPS) is 10.9. The third-order valence-electron chi connectivity index (χ3n) is 4.48. The van der Waals surface area contributed by atoms with Crippen molar-refractivity contribution in [3.8, 4) is 17.2 Å². The maximum Gasteiger partial charge on any atom is 0.336 e. The van der Waals surface area contributed by atoms with Crippen LogP contribution in [0.1, 0.15) is 5.56 Å². The molecule has 4 aromatic rings. The molecule has 4 rings (SSSR count). The number of esters is 1. The first-order chi connectivity index (χ1) is 15.9. The van der Waals surface area contributed by atoms with Crippen LogP contribution in [0.2, 0.25) is 5.02 Å². The lowest BCUT2D eigenvalue weighted by molar-refractivity contribution is -0.384. The fourth-order valence-corrected chi connectivity index (χ4v) is 3.10. The molecule has 33 heavy (non-hydrogen) atoms. The van der Waals surface area contributed by atoms with Crippen molar-refractivity contribution in [3.63, 3.8) is 0 Å². The van der Waals surface area contributed by atoms with Crippen LogP contribution in [-0.2, 0) is 4.79 Å². The third kappa shape index (κ3) is 5.08. The summed E-state index contributed by atoms with van der Waals surface area (Å²) in [6, 6.07) is 16.8. The SMILES string of the molecule is O=C(C=Cc1cccc([N+](=O)[O-])c1)Oc1ccc2c(=O)c(Oc3ccccc3Cl)coc2c1. The fraction of sp³-hybridized carbons (Fsp3) is 0. The van der Waals surface area contributed by atoms with Crippen LogP contribution >= 0.6 is 11.6 Å². The van der Waals surface area contributed by atoms with Crippen molar-refractivity contribution in [1.29, 1.82) is 0 Å². The van der Waals surface area contributed by atoms with Gasteiger partial charge in [0.25, 0.3) is 5.69 Å². The first-order valence-corrected chi connectivity index (χ1v) is 9.91. The van der Waals surface area contributed by atoms with Crippen LogP contribution in [0.15, 0.2) is 88.3 Å². The van der Waals surface area contributed by atoms with Crippen LogP contribution < -0.4 is 14.9 Å². The minimum absolute atomic E-state index is 0.0415. The summed E-state index contributed by atoms with van der Waals surface area (Å²) in [5, 5.41) is 11.4. The summed E-state index contributed by atoms with van der Waals surface area (Å²) in [7, 11) is 0. The molecule has 0 amide bonds. The van der Waals surface area contributed by atoms with Crippen molar-refractivity contribution in [1.82, 2.24) is 0 Å². The summed E-state index contributed by atoms with van der Waals surface area (Å²) in [5.41, 5.74) is 0.156. The zero-order valence-electron chi connectivity index (χ0n) is 16.8. The van der Waals surface area contributed by atoms with Gasteiger partial charge >= 0.3 is 5.97 Å². The van der Waals surface area contributed by atoms with Gasteiger partial charge in [-0.25, -0.2) is 4.79 Å². The standard InChI is InChI=1S/C24H14ClNO7/c25-19-6-1-2-7-20(19)33-22-14-31-21-13-17(9-10-18(21)24(22)28)32-23(27)11-8-15-4-3-5-16(12-15)26(29)30/h1-14H. The van der Waals surface area contributed by atoms with Gasteiger partial charge in [0.2, 0.25) is 11.2 Å². The number of carbonyl (C=O) groups is 1. The lowest BCUT2D eigenvalue weighted by atomic mass is 10.2. The number of rotatable bonds is 6. The van der Waals surface area contributed by atoms with Crippen LogP contribution in [0.4, 0.5) is 5.69 Å². The second-order valence-electron chi connectivity index (χ2n) is 6.73. The molecule has 0 radical (unpaired) electrons. The molecule has 164 valence electrons. The van der Waals surface area contributed by atoms with Crippen molar-refractivity contribution in [2.24, 2.45) is 0 Å². The van der Waals surface area contributed by atoms with E-state index in [0.717, 1.165) is 12.3 Å². The van der Waals surface area contributed by atoms with E-state index in [-0.39, 0.29) is 28.2 Å². The van der Waals surface area contributed by atoms with Gasteiger partial charge < -0.3 is 13.9 Å². The number of non-ortho nitro benzene ring substituents is 1. The van der Waals surface area contributed by atoms with Crippen molar-refractivity contribution < 1.29 is 23.6 Å². The second-order valence-corrected chi connectivity index (χ2v) is 7.13. The van der Waals surface area contributed by atoms with Gasteiger partial charge in [-0.1, -0.05) is 35.9 Å². The maximum atomic E-state index is 12.7. The van der Waals surface area contributed by atoms with Crippen LogP contribution in [0, 0.1) is 10.1 Å². The Kier molecular flexibility index (Phi) is 6.19. The molecule has 0 unspecified atom stereocenters. The molecule has 0 atom stereocenters. The van der Waals surface area contributed by atoms with E-state index in [4.69, 9.17) is 25.5 Å². The molecule has 0 aliphatic carbocycles. The van der Waals surface area contributed by atoms with Crippen molar-refractivity contribution in [2.75, 3.05) is 0 Å². The van der Waals surface area contributed by atoms with Crippen molar-refractivity contribution in [3.05, 3.63) is 110 Å². The van der Waals surface area contributed by atoms with E-state index >= 15 is 0 Å². The van der Waals surface area contributed by atoms with E-state index in [0.29, 0.717) is 16.3 Å². The number of para-hydroxylation sites is 1. The highest BCUT2D eigenvalue weighted by Crippen LogP contribution is 2.29. The average Bonchev–Trinajstić information content (AvgIpc) is 2.81. The van der Waals surface area contributed by atoms with Gasteiger partial charge in [0.15, 0.2) is 0 Å². The molecule has 0 saturated carbocycles. The zero-order valence-corrected chi connectivity index (χ0v) is 17.5. The minimum Gasteiger partial charge on any atom is -0.460 e. The summed E-state index contributed by atoms with van der Waals surface area (Å²) in [4.78, 5) is 35.2. The van der Waals surface area contributed by atoms with Gasteiger partial charge in [0.05, 0.1) is 15.3 Å². The Hall–Kier alpha value is -4.43. The Morgan fingerprint density at radius 3 is 2.64 bits per heavy atom. The van der Waals surface area contributed by atoms with Crippen LogP contribution in [0.3, 0.4) is 0 Å². The number of carbonyl (C=O) groups excluding carboxylic acids is 1. The van der Waals surface area contributed by atoms with Crippen LogP contribution in [0.25, 0.3) is 17.0 Å². The summed E-state index contributed by atoms with van der Waals surface area (Å²) in [6.07, 6.45) is 3.69. The van der Waals surface area contributed by atoms with Gasteiger partial charge in [-0.15, -0.1) is 0 Å². The van der Waals surface area contributed by atoms with E-state index < -0.39 is 16.3 Å². The summed E-state index contributed by atoms with van der Waals surface area (Å²) < 4.78 is 16.3. The lowest BCUT2D eigenvalue weighted by Gasteiger charge is -2.07. The second kappa shape index (κ2) is 9.37. The van der Waals surface area contributed by atoms with Gasteiger partial charge in [-0.05, 0) is 35.9 Å². The molecule has 9 heteroatoms. The largest absolute Gasteiger partial charge is 0.460 e. The number of nitro benzene ring substituents is 1. The fourth-order valence-electron chi connectivity index (χ4n) is 2.93. The molecular formula is C24H14ClNO7. The van der Waals surface area contributed by atoms with E-state index in [1.54, 1.807) is 30.3 Å². The number of ether oxygens (including phenoxy) is 2. The lowest BCUT2D eigenvalue weighted by Crippen LogP contribution is -2.06. The Bertz CT molecular complexity index is 1460. The maximum absolute atomic E-state index is 12.7. The Morgan fingerprint density at radius 1 is 1.03 bits per heavy atom. The third-order valence-corrected chi connectivity index (χ3v) is 4.79. The zero-order chi connectivity index (χ0) is 23.4. The smallest absolute Gasteiger partial charge is 0.336 e. The molecule has 0 aliphatic heterocycles. The summed E-state index contributed by atoms with van der Waals surface area (Å²) in [5.74, 6) is -0.284. The molecule has 8 nitrogen and oxygen atoms in total. The van der Waals surface area contributed by atoms with Crippen LogP contribution in [0.5, 0.6) is 17.2 Å². The Labute approximate surface area is 191 Å². The van der Waals surface area contributed by atoms with E-state index in [1.807, 2.05) is 0 Å². The highest BCUT2D eigenvalue weighted by molar-refractivity contribution is 6.32. The molecule has 1 aromatic heterocycles. The molecule has 0 aliphatic rings. The number of benzene rings is 3. The molecular weight excluding hydrogens is 450 g/mol. The van der Waals surface area contributed by atoms with E-state index in [2.05, 4.69) is 0 Å². The molecule has 0 bridgehead atoms. The van der Waals surface area contributed by atoms with Gasteiger partial charge in [0, 0.05) is 24.3 Å². The predicted octanol–water partition coefficient (Wildman–Crippen LogP) is 5.77. The summed E-state index contributed by atoms with van der Waals surface area (Å²) >= 11 is 6.06. The molecule has 0 fully saturated rings. The number of nitrogens with zero attached hydrogens (tertiary/aromatic N) is 1. The van der Waals surface area contributed by atoms with Crippen LogP contribution in [-0.4, -0.2) is 10.9 Å². The highest BCUT2D eigenvalue weighted by atomic mass is 35.5. The average molecular weight is 464 g/mol. The first kappa shape index (κ1) is 21.8. The van der Waals surface area contributed by atoms with Gasteiger partial charge in [0.1, 0.15) is 23.3 Å². The number of hydrogen-bond donors (Lipinski definition) is 0. The van der Waals surface area contributed by atoms with E-state index in [1.165, 1.54) is 42.5 Å². The quantitative estimate of drug-likeness (QED) is 0.117. The number of nitro groups is 1. The predicted molar refractivity (Wildman–Crippen MR) is 122 cm³/mol. The van der Waals surface area contributed by atoms with Crippen molar-refractivity contribution >= 4 is 40.3 Å². The molecule has 0 saturated heterocycles. The minimum atomic E-state index is -0.707. The van der Waals surface area contributed by atoms with Gasteiger partial charge in [-0.3, -0.25) is 14.9 Å². The molecule has 3 aromatic carbocycles. The molecule has 0 N–H and O–H groups in total. The topological polar surface area (TPSA) is 109 Å². The van der Waals surface area contributed by atoms with Crippen molar-refractivity contribution in [2.45, 2.75) is 0 Å². The van der Waals surface area contributed by atoms with E-state index in [9.17, 15) is 19.7 Å². The Morgan fingerprint density at radius 2 is 1.85 bits per heavy atom.